The van der Waals surface area contributed by atoms with Gasteiger partial charge in [-0.1, -0.05) is 23.5 Å². The monoisotopic (exact) mass is 599 g/mol. The minimum atomic E-state index is -3.74. The van der Waals surface area contributed by atoms with E-state index in [1.807, 2.05) is 32.0 Å². The van der Waals surface area contributed by atoms with Gasteiger partial charge in [-0.05, 0) is 33.8 Å². The average Bonchev–Trinajstić information content (AvgIpc) is 3.49. The maximum Gasteiger partial charge on any atom is 0.413 e. The number of hydrogen-bond acceptors (Lipinski definition) is 11. The van der Waals surface area contributed by atoms with E-state index in [0.717, 1.165) is 50.6 Å². The largest absolute Gasteiger partial charge is 0.453 e. The van der Waals surface area contributed by atoms with Crippen molar-refractivity contribution in [2.45, 2.75) is 37.9 Å². The number of H-pyrrole nitrogens is 1. The molecule has 3 aromatic heterocycles. The van der Waals surface area contributed by atoms with Crippen LogP contribution in [0.3, 0.4) is 0 Å². The van der Waals surface area contributed by atoms with Crippen LogP contribution in [0.2, 0.25) is 0 Å². The van der Waals surface area contributed by atoms with Gasteiger partial charge in [-0.15, -0.1) is 0 Å². The normalized spacial score (nSPS) is 15.6. The second-order valence-corrected chi connectivity index (χ2v) is 13.1. The molecular weight excluding hydrogens is 566 g/mol. The Bertz CT molecular complexity index is 1660. The summed E-state index contributed by atoms with van der Waals surface area (Å²) in [6.07, 6.45) is 0.876. The zero-order chi connectivity index (χ0) is 29.3. The van der Waals surface area contributed by atoms with Crippen molar-refractivity contribution < 1.29 is 17.9 Å². The van der Waals surface area contributed by atoms with Crippen molar-refractivity contribution in [3.05, 3.63) is 41.6 Å². The molecule has 15 heteroatoms. The number of rotatable bonds is 8. The van der Waals surface area contributed by atoms with E-state index in [0.29, 0.717) is 38.4 Å². The fraction of sp³-hybridized carbons (Fsp3) is 0.423. The van der Waals surface area contributed by atoms with E-state index in [9.17, 15) is 13.2 Å². The number of ether oxygens (including phenoxy) is 1. The number of para-hydroxylation sites is 1. The summed E-state index contributed by atoms with van der Waals surface area (Å²) in [5, 5.41) is 14.5. The van der Waals surface area contributed by atoms with Crippen LogP contribution < -0.4 is 10.6 Å². The highest BCUT2D eigenvalue weighted by Gasteiger charge is 2.32. The number of amides is 1. The summed E-state index contributed by atoms with van der Waals surface area (Å²) >= 11 is 0.925. The fourth-order valence-electron chi connectivity index (χ4n) is 5.10. The van der Waals surface area contributed by atoms with E-state index >= 15 is 0 Å². The van der Waals surface area contributed by atoms with E-state index < -0.39 is 16.1 Å². The van der Waals surface area contributed by atoms with Crippen LogP contribution in [-0.4, -0.2) is 94.7 Å². The standard InChI is InChI=1S/C26H33N9O4S2/c1-15(29-23-20-8-6-7-19(22(20)27-14-28-23)21-16(2)32-33-17(21)3)13-34-9-11-35(12-10-34)41(37,38)24-18(4)30-25(40-24)31-26(36)39-5/h6-8,14-15H,9-13H2,1-5H3,(H,32,33)(H,27,28,29)(H,30,31,36). The van der Waals surface area contributed by atoms with E-state index in [4.69, 9.17) is 0 Å². The van der Waals surface area contributed by atoms with Crippen LogP contribution in [0.25, 0.3) is 22.0 Å². The Morgan fingerprint density at radius 3 is 2.59 bits per heavy atom. The van der Waals surface area contributed by atoms with Crippen molar-refractivity contribution >= 4 is 49.3 Å². The van der Waals surface area contributed by atoms with Crippen molar-refractivity contribution in [2.75, 3.05) is 50.5 Å². The molecule has 1 aromatic carbocycles. The zero-order valence-corrected chi connectivity index (χ0v) is 25.2. The number of hydrogen-bond donors (Lipinski definition) is 3. The van der Waals surface area contributed by atoms with Crippen molar-refractivity contribution in [3.8, 4) is 11.1 Å². The van der Waals surface area contributed by atoms with Gasteiger partial charge in [-0.2, -0.15) is 9.40 Å². The third-order valence-electron chi connectivity index (χ3n) is 7.03. The number of methoxy groups -OCH3 is 1. The predicted octanol–water partition coefficient (Wildman–Crippen LogP) is 3.39. The lowest BCUT2D eigenvalue weighted by Gasteiger charge is -2.35. The maximum atomic E-state index is 13.3. The van der Waals surface area contributed by atoms with Crippen LogP contribution in [0.15, 0.2) is 28.7 Å². The summed E-state index contributed by atoms with van der Waals surface area (Å²) in [5.41, 5.74) is 5.16. The number of benzene rings is 1. The van der Waals surface area contributed by atoms with E-state index in [-0.39, 0.29) is 15.4 Å². The molecule has 0 bridgehead atoms. The molecule has 5 rings (SSSR count). The maximum absolute atomic E-state index is 13.3. The molecule has 0 radical (unpaired) electrons. The molecule has 4 heterocycles. The molecule has 3 N–H and O–H groups in total. The smallest absolute Gasteiger partial charge is 0.413 e. The van der Waals surface area contributed by atoms with Crippen molar-refractivity contribution in [1.82, 2.24) is 34.4 Å². The lowest BCUT2D eigenvalue weighted by Crippen LogP contribution is -2.50. The van der Waals surface area contributed by atoms with Gasteiger partial charge in [0, 0.05) is 61.0 Å². The molecule has 1 atom stereocenters. The lowest BCUT2D eigenvalue weighted by molar-refractivity contribution is 0.184. The van der Waals surface area contributed by atoms with Crippen LogP contribution in [-0.2, 0) is 14.8 Å². The SMILES string of the molecule is COC(=O)Nc1nc(C)c(S(=O)(=O)N2CCN(CC(C)Nc3ncnc4c(-c5c(C)n[nH]c5C)cccc34)CC2)s1. The molecular formula is C26H33N9O4S2. The number of anilines is 2. The van der Waals surface area contributed by atoms with Crippen LogP contribution >= 0.6 is 11.3 Å². The molecule has 41 heavy (non-hydrogen) atoms. The van der Waals surface area contributed by atoms with Gasteiger partial charge in [0.1, 0.15) is 12.1 Å². The molecule has 1 fully saturated rings. The quantitative estimate of drug-likeness (QED) is 0.274. The number of nitrogens with one attached hydrogen (secondary N) is 3. The van der Waals surface area contributed by atoms with Crippen LogP contribution in [0.5, 0.6) is 0 Å². The summed E-state index contributed by atoms with van der Waals surface area (Å²) < 4.78 is 32.8. The topological polar surface area (TPSA) is 158 Å². The highest BCUT2D eigenvalue weighted by molar-refractivity contribution is 7.91. The van der Waals surface area contributed by atoms with Gasteiger partial charge in [0.2, 0.25) is 0 Å². The summed E-state index contributed by atoms with van der Waals surface area (Å²) in [6, 6.07) is 6.11. The number of thiazole rings is 1. The third-order valence-corrected chi connectivity index (χ3v) is 10.6. The van der Waals surface area contributed by atoms with Gasteiger partial charge in [0.05, 0.1) is 24.0 Å². The first-order chi connectivity index (χ1) is 19.6. The number of nitrogens with zero attached hydrogens (tertiary/aromatic N) is 6. The Morgan fingerprint density at radius 1 is 1.15 bits per heavy atom. The first kappa shape index (κ1) is 28.9. The molecule has 0 saturated carbocycles. The number of aromatic amines is 1. The highest BCUT2D eigenvalue weighted by Crippen LogP contribution is 2.33. The highest BCUT2D eigenvalue weighted by atomic mass is 32.2. The number of carbonyl (C=O) groups excluding carboxylic acids is 1. The Hall–Kier alpha value is -3.66. The molecule has 218 valence electrons. The average molecular weight is 600 g/mol. The Morgan fingerprint density at radius 2 is 1.90 bits per heavy atom. The van der Waals surface area contributed by atoms with E-state index in [2.05, 4.69) is 52.3 Å². The van der Waals surface area contributed by atoms with Gasteiger partial charge >= 0.3 is 6.09 Å². The van der Waals surface area contributed by atoms with Crippen LogP contribution in [0.4, 0.5) is 15.7 Å². The second-order valence-electron chi connectivity index (χ2n) is 9.99. The van der Waals surface area contributed by atoms with Crippen LogP contribution in [0.1, 0.15) is 24.0 Å². The van der Waals surface area contributed by atoms with Crippen LogP contribution in [0, 0.1) is 20.8 Å². The first-order valence-electron chi connectivity index (χ1n) is 13.2. The summed E-state index contributed by atoms with van der Waals surface area (Å²) in [6.45, 7) is 10.3. The molecule has 1 unspecified atom stereocenters. The molecule has 0 aliphatic carbocycles. The number of sulfonamides is 1. The number of aryl methyl sites for hydroxylation is 3. The number of aromatic nitrogens is 5. The summed E-state index contributed by atoms with van der Waals surface area (Å²) in [4.78, 5) is 27.0. The van der Waals surface area contributed by atoms with E-state index in [1.54, 1.807) is 13.3 Å². The van der Waals surface area contributed by atoms with Gasteiger partial charge in [-0.3, -0.25) is 15.3 Å². The molecule has 1 aliphatic heterocycles. The molecule has 4 aromatic rings. The number of carbonyl (C=O) groups is 1. The van der Waals surface area contributed by atoms with Gasteiger partial charge in [0.15, 0.2) is 9.34 Å². The number of piperazine rings is 1. The molecule has 13 nitrogen and oxygen atoms in total. The van der Waals surface area contributed by atoms with E-state index in [1.165, 1.54) is 11.4 Å². The Kier molecular flexibility index (Phi) is 8.22. The lowest BCUT2D eigenvalue weighted by atomic mass is 10.0. The molecule has 1 amide bonds. The van der Waals surface area contributed by atoms with Crippen molar-refractivity contribution in [3.63, 3.8) is 0 Å². The fourth-order valence-corrected chi connectivity index (χ4v) is 8.06. The summed E-state index contributed by atoms with van der Waals surface area (Å²) in [7, 11) is -2.50. The third kappa shape index (κ3) is 5.88. The van der Waals surface area contributed by atoms with Crippen molar-refractivity contribution in [1.29, 1.82) is 0 Å². The summed E-state index contributed by atoms with van der Waals surface area (Å²) in [5.74, 6) is 0.751. The minimum absolute atomic E-state index is 0.0491. The molecule has 1 aliphatic rings. The Balaban J connectivity index is 1.23. The van der Waals surface area contributed by atoms with Crippen molar-refractivity contribution in [2.24, 2.45) is 0 Å². The second kappa shape index (κ2) is 11.7. The van der Waals surface area contributed by atoms with Gasteiger partial charge < -0.3 is 10.1 Å². The zero-order valence-electron chi connectivity index (χ0n) is 23.6. The molecule has 0 spiro atoms. The molecule has 1 saturated heterocycles. The number of fused-ring (bicyclic) bond motifs is 1. The first-order valence-corrected chi connectivity index (χ1v) is 15.4. The van der Waals surface area contributed by atoms with Gasteiger partial charge in [-0.25, -0.2) is 28.2 Å². The minimum Gasteiger partial charge on any atom is -0.453 e. The Labute approximate surface area is 242 Å². The predicted molar refractivity (Wildman–Crippen MR) is 158 cm³/mol. The van der Waals surface area contributed by atoms with Gasteiger partial charge in [0.25, 0.3) is 10.0 Å².